The Kier molecular flexibility index (Phi) is 8.07. The van der Waals surface area contributed by atoms with Gasteiger partial charge in [-0.25, -0.2) is 4.98 Å². The van der Waals surface area contributed by atoms with Crippen LogP contribution in [0.25, 0.3) is 0 Å². The van der Waals surface area contributed by atoms with Crippen LogP contribution < -0.4 is 10.6 Å². The van der Waals surface area contributed by atoms with Crippen molar-refractivity contribution < 1.29 is 4.79 Å². The third-order valence-electron chi connectivity index (χ3n) is 5.21. The van der Waals surface area contributed by atoms with Crippen LogP contribution in [-0.4, -0.2) is 55.5 Å². The molecule has 6 nitrogen and oxygen atoms in total. The number of carbonyl (C=O) groups is 1. The number of rotatable bonds is 8. The van der Waals surface area contributed by atoms with E-state index in [1.165, 1.54) is 15.6 Å². The second kappa shape index (κ2) is 10.1. The first kappa shape index (κ1) is 21.7. The van der Waals surface area contributed by atoms with E-state index in [1.54, 1.807) is 16.2 Å². The van der Waals surface area contributed by atoms with E-state index in [1.807, 2.05) is 14.1 Å². The number of guanidine groups is 1. The molecule has 1 saturated carbocycles. The van der Waals surface area contributed by atoms with Crippen LogP contribution in [0, 0.1) is 12.3 Å². The van der Waals surface area contributed by atoms with Crippen molar-refractivity contribution in [2.45, 2.75) is 59.3 Å². The van der Waals surface area contributed by atoms with Crippen molar-refractivity contribution in [2.75, 3.05) is 33.7 Å². The predicted molar refractivity (Wildman–Crippen MR) is 114 cm³/mol. The topological polar surface area (TPSA) is 69.6 Å². The lowest BCUT2D eigenvalue weighted by molar-refractivity contribution is -0.138. The maximum Gasteiger partial charge on any atom is 0.230 e. The normalized spacial score (nSPS) is 16.4. The SMILES string of the molecule is CCNC(=NCC1(C(=O)N(C)C)CCCC1)NCCc1nc(CC)c(C)s1. The highest BCUT2D eigenvalue weighted by Gasteiger charge is 2.42. The Morgan fingerprint density at radius 3 is 2.52 bits per heavy atom. The standard InChI is InChI=1S/C20H35N5OS/c1-6-16-15(3)27-17(24-16)10-13-22-19(21-7-2)23-14-20(11-8-9-12-20)18(26)25(4)5/h6-14H2,1-5H3,(H2,21,22,23). The quantitative estimate of drug-likeness (QED) is 0.526. The maximum atomic E-state index is 12.7. The van der Waals surface area contributed by atoms with Crippen LogP contribution in [-0.2, 0) is 17.6 Å². The smallest absolute Gasteiger partial charge is 0.230 e. The minimum Gasteiger partial charge on any atom is -0.357 e. The maximum absolute atomic E-state index is 12.7. The molecule has 1 aromatic rings. The number of nitrogens with zero attached hydrogens (tertiary/aromatic N) is 3. The van der Waals surface area contributed by atoms with Crippen molar-refractivity contribution in [3.05, 3.63) is 15.6 Å². The van der Waals surface area contributed by atoms with Gasteiger partial charge < -0.3 is 15.5 Å². The first-order valence-electron chi connectivity index (χ1n) is 10.1. The van der Waals surface area contributed by atoms with Gasteiger partial charge in [0.2, 0.25) is 5.91 Å². The summed E-state index contributed by atoms with van der Waals surface area (Å²) in [5.74, 6) is 1.00. The van der Waals surface area contributed by atoms with Crippen molar-refractivity contribution in [2.24, 2.45) is 10.4 Å². The summed E-state index contributed by atoms with van der Waals surface area (Å²) in [6, 6.07) is 0. The number of amides is 1. The first-order valence-corrected chi connectivity index (χ1v) is 10.9. The second-order valence-corrected chi connectivity index (χ2v) is 8.81. The van der Waals surface area contributed by atoms with Crippen LogP contribution >= 0.6 is 11.3 Å². The Morgan fingerprint density at radius 2 is 1.96 bits per heavy atom. The lowest BCUT2D eigenvalue weighted by atomic mass is 9.85. The molecule has 1 aromatic heterocycles. The fraction of sp³-hybridized carbons (Fsp3) is 0.750. The molecule has 0 spiro atoms. The third-order valence-corrected chi connectivity index (χ3v) is 6.28. The zero-order valence-corrected chi connectivity index (χ0v) is 18.3. The summed E-state index contributed by atoms with van der Waals surface area (Å²) in [5, 5.41) is 7.88. The Bertz CT molecular complexity index is 647. The molecule has 0 aliphatic heterocycles. The van der Waals surface area contributed by atoms with Gasteiger partial charge in [0.25, 0.3) is 0 Å². The van der Waals surface area contributed by atoms with Crippen LogP contribution in [0.15, 0.2) is 4.99 Å². The number of nitrogens with one attached hydrogen (secondary N) is 2. The van der Waals surface area contributed by atoms with E-state index in [4.69, 9.17) is 9.98 Å². The molecule has 27 heavy (non-hydrogen) atoms. The summed E-state index contributed by atoms with van der Waals surface area (Å²) in [7, 11) is 3.69. The van der Waals surface area contributed by atoms with Crippen molar-refractivity contribution in [1.29, 1.82) is 0 Å². The number of hydrogen-bond acceptors (Lipinski definition) is 4. The van der Waals surface area contributed by atoms with E-state index < -0.39 is 0 Å². The van der Waals surface area contributed by atoms with Crippen LogP contribution in [0.3, 0.4) is 0 Å². The van der Waals surface area contributed by atoms with Gasteiger partial charge in [-0.15, -0.1) is 11.3 Å². The summed E-state index contributed by atoms with van der Waals surface area (Å²) < 4.78 is 0. The summed E-state index contributed by atoms with van der Waals surface area (Å²) in [6.07, 6.45) is 5.97. The van der Waals surface area contributed by atoms with Gasteiger partial charge in [-0.1, -0.05) is 19.8 Å². The summed E-state index contributed by atoms with van der Waals surface area (Å²) in [6.45, 7) is 8.49. The Labute approximate surface area is 167 Å². The van der Waals surface area contributed by atoms with Crippen LogP contribution in [0.2, 0.25) is 0 Å². The lowest BCUT2D eigenvalue weighted by Gasteiger charge is -2.29. The predicted octanol–water partition coefficient (Wildman–Crippen LogP) is 2.76. The lowest BCUT2D eigenvalue weighted by Crippen LogP contribution is -2.43. The van der Waals surface area contributed by atoms with Gasteiger partial charge in [-0.05, 0) is 33.1 Å². The molecule has 2 rings (SSSR count). The second-order valence-electron chi connectivity index (χ2n) is 7.52. The zero-order valence-electron chi connectivity index (χ0n) is 17.5. The van der Waals surface area contributed by atoms with Crippen molar-refractivity contribution in [1.82, 2.24) is 20.5 Å². The van der Waals surface area contributed by atoms with Gasteiger partial charge in [-0.2, -0.15) is 0 Å². The van der Waals surface area contributed by atoms with E-state index in [2.05, 4.69) is 31.4 Å². The highest BCUT2D eigenvalue weighted by Crippen LogP contribution is 2.39. The summed E-state index contributed by atoms with van der Waals surface area (Å²) >= 11 is 1.78. The summed E-state index contributed by atoms with van der Waals surface area (Å²) in [5.41, 5.74) is 0.884. The molecule has 0 atom stereocenters. The Hall–Kier alpha value is -1.63. The van der Waals surface area contributed by atoms with Crippen molar-refractivity contribution in [3.8, 4) is 0 Å². The molecule has 152 valence electrons. The van der Waals surface area contributed by atoms with Gasteiger partial charge in [0.15, 0.2) is 5.96 Å². The fourth-order valence-corrected chi connectivity index (χ4v) is 4.77. The first-order chi connectivity index (χ1) is 12.9. The minimum atomic E-state index is -0.325. The molecule has 1 amide bonds. The molecule has 1 fully saturated rings. The van der Waals surface area contributed by atoms with E-state index in [0.717, 1.165) is 57.6 Å². The van der Waals surface area contributed by atoms with Gasteiger partial charge in [0.1, 0.15) is 0 Å². The number of aromatic nitrogens is 1. The fourth-order valence-electron chi connectivity index (χ4n) is 3.75. The van der Waals surface area contributed by atoms with Gasteiger partial charge in [0.05, 0.1) is 22.7 Å². The average Bonchev–Trinajstić information content (AvgIpc) is 3.26. The zero-order chi connectivity index (χ0) is 19.9. The molecule has 0 aromatic carbocycles. The number of thiazole rings is 1. The molecule has 1 heterocycles. The molecular formula is C20H35N5OS. The highest BCUT2D eigenvalue weighted by molar-refractivity contribution is 7.11. The van der Waals surface area contributed by atoms with Gasteiger partial charge in [-0.3, -0.25) is 9.79 Å². The van der Waals surface area contributed by atoms with E-state index in [-0.39, 0.29) is 11.3 Å². The number of aliphatic imine (C=N–C) groups is 1. The number of aryl methyl sites for hydroxylation is 2. The van der Waals surface area contributed by atoms with Crippen LogP contribution in [0.4, 0.5) is 0 Å². The van der Waals surface area contributed by atoms with E-state index in [9.17, 15) is 4.79 Å². The molecule has 0 bridgehead atoms. The number of hydrogen-bond donors (Lipinski definition) is 2. The Morgan fingerprint density at radius 1 is 1.26 bits per heavy atom. The van der Waals surface area contributed by atoms with Gasteiger partial charge in [0, 0.05) is 38.5 Å². The molecular weight excluding hydrogens is 358 g/mol. The molecule has 2 N–H and O–H groups in total. The minimum absolute atomic E-state index is 0.213. The van der Waals surface area contributed by atoms with Crippen molar-refractivity contribution >= 4 is 23.2 Å². The molecule has 7 heteroatoms. The van der Waals surface area contributed by atoms with Crippen LogP contribution in [0.1, 0.15) is 55.1 Å². The Balaban J connectivity index is 1.97. The van der Waals surface area contributed by atoms with Gasteiger partial charge >= 0.3 is 0 Å². The molecule has 0 unspecified atom stereocenters. The monoisotopic (exact) mass is 393 g/mol. The van der Waals surface area contributed by atoms with E-state index >= 15 is 0 Å². The van der Waals surface area contributed by atoms with Crippen LogP contribution in [0.5, 0.6) is 0 Å². The molecule has 0 saturated heterocycles. The molecule has 0 radical (unpaired) electrons. The summed E-state index contributed by atoms with van der Waals surface area (Å²) in [4.78, 5) is 25.2. The third kappa shape index (κ3) is 5.67. The average molecular weight is 394 g/mol. The van der Waals surface area contributed by atoms with Crippen molar-refractivity contribution in [3.63, 3.8) is 0 Å². The highest BCUT2D eigenvalue weighted by atomic mass is 32.1. The number of carbonyl (C=O) groups excluding carboxylic acids is 1. The van der Waals surface area contributed by atoms with E-state index in [0.29, 0.717) is 6.54 Å². The molecule has 1 aliphatic carbocycles. The largest absolute Gasteiger partial charge is 0.357 e. The molecule has 1 aliphatic rings.